The van der Waals surface area contributed by atoms with Gasteiger partial charge in [0.15, 0.2) is 0 Å². The summed E-state index contributed by atoms with van der Waals surface area (Å²) in [6, 6.07) is 12.9. The molecule has 4 nitrogen and oxygen atoms in total. The van der Waals surface area contributed by atoms with Crippen LogP contribution < -0.4 is 11.1 Å². The van der Waals surface area contributed by atoms with Gasteiger partial charge >= 0.3 is 0 Å². The Morgan fingerprint density at radius 3 is 2.83 bits per heavy atom. The molecule has 0 amide bonds. The zero-order valence-corrected chi connectivity index (χ0v) is 13.7. The predicted octanol–water partition coefficient (Wildman–Crippen LogP) is 3.51. The molecule has 0 radical (unpaired) electrons. The summed E-state index contributed by atoms with van der Waals surface area (Å²) in [5, 5.41) is 4.68. The lowest BCUT2D eigenvalue weighted by atomic mass is 10.1. The first kappa shape index (κ1) is 14.3. The van der Waals surface area contributed by atoms with Crippen molar-refractivity contribution in [1.29, 1.82) is 0 Å². The lowest BCUT2D eigenvalue weighted by Crippen LogP contribution is -2.20. The Kier molecular flexibility index (Phi) is 3.58. The minimum atomic E-state index is 0.350. The summed E-state index contributed by atoms with van der Waals surface area (Å²) in [5.74, 6) is 0.914. The van der Waals surface area contributed by atoms with Crippen LogP contribution in [0.4, 0.5) is 11.5 Å². The van der Waals surface area contributed by atoms with E-state index in [0.29, 0.717) is 6.04 Å². The molecule has 0 saturated heterocycles. The van der Waals surface area contributed by atoms with Crippen LogP contribution in [0.2, 0.25) is 0 Å². The molecule has 23 heavy (non-hydrogen) atoms. The number of fused-ring (bicyclic) bond motifs is 2. The minimum Gasteiger partial charge on any atom is -0.399 e. The van der Waals surface area contributed by atoms with Crippen LogP contribution in [0.1, 0.15) is 11.1 Å². The average Bonchev–Trinajstić information content (AvgIpc) is 2.96. The molecule has 5 heteroatoms. The molecule has 1 unspecified atom stereocenters. The number of benzene rings is 2. The topological polar surface area (TPSA) is 63.8 Å². The molecule has 2 aromatic carbocycles. The third-order valence-electron chi connectivity index (χ3n) is 4.35. The first-order chi connectivity index (χ1) is 11.2. The number of nitrogens with two attached hydrogens (primary N) is 1. The Balaban J connectivity index is 1.64. The van der Waals surface area contributed by atoms with E-state index in [9.17, 15) is 0 Å². The SMILES string of the molecule is CSc1ccc2ncnc(NC3Cc4ccc(N)cc4C3)c2c1. The Labute approximate surface area is 139 Å². The van der Waals surface area contributed by atoms with Gasteiger partial charge in [0.2, 0.25) is 0 Å². The predicted molar refractivity (Wildman–Crippen MR) is 97.0 cm³/mol. The van der Waals surface area contributed by atoms with Gasteiger partial charge in [-0.1, -0.05) is 6.07 Å². The maximum Gasteiger partial charge on any atom is 0.137 e. The standard InChI is InChI=1S/C18H18N4S/c1-23-15-4-5-17-16(9-15)18(21-10-20-17)22-14-7-11-2-3-13(19)6-12(11)8-14/h2-6,9-10,14H,7-8,19H2,1H3,(H,20,21,22). The van der Waals surface area contributed by atoms with Crippen LogP contribution in [0.15, 0.2) is 47.6 Å². The van der Waals surface area contributed by atoms with Gasteiger partial charge in [0.1, 0.15) is 12.1 Å². The van der Waals surface area contributed by atoms with Gasteiger partial charge < -0.3 is 11.1 Å². The van der Waals surface area contributed by atoms with Gasteiger partial charge in [0, 0.05) is 22.0 Å². The molecule has 0 aliphatic heterocycles. The number of nitrogen functional groups attached to an aromatic ring is 1. The summed E-state index contributed by atoms with van der Waals surface area (Å²) in [6.45, 7) is 0. The lowest BCUT2D eigenvalue weighted by Gasteiger charge is -2.14. The molecule has 3 aromatic rings. The largest absolute Gasteiger partial charge is 0.399 e. The van der Waals surface area contributed by atoms with Gasteiger partial charge in [0.25, 0.3) is 0 Å². The van der Waals surface area contributed by atoms with Crippen molar-refractivity contribution < 1.29 is 0 Å². The van der Waals surface area contributed by atoms with Crippen LogP contribution in [0.5, 0.6) is 0 Å². The summed E-state index contributed by atoms with van der Waals surface area (Å²) in [4.78, 5) is 10.1. The second kappa shape index (κ2) is 5.74. The highest BCUT2D eigenvalue weighted by Crippen LogP contribution is 2.29. The van der Waals surface area contributed by atoms with Gasteiger partial charge in [-0.05, 0) is 60.6 Å². The highest BCUT2D eigenvalue weighted by atomic mass is 32.2. The van der Waals surface area contributed by atoms with Crippen LogP contribution in [0, 0.1) is 0 Å². The molecular formula is C18H18N4S. The first-order valence-electron chi connectivity index (χ1n) is 7.65. The number of anilines is 2. The fourth-order valence-corrected chi connectivity index (χ4v) is 3.65. The molecule has 0 bridgehead atoms. The lowest BCUT2D eigenvalue weighted by molar-refractivity contribution is 0.770. The van der Waals surface area contributed by atoms with Gasteiger partial charge in [-0.25, -0.2) is 9.97 Å². The third kappa shape index (κ3) is 2.72. The molecule has 0 fully saturated rings. The van der Waals surface area contributed by atoms with E-state index in [1.165, 1.54) is 16.0 Å². The minimum absolute atomic E-state index is 0.350. The van der Waals surface area contributed by atoms with Crippen LogP contribution in [0.25, 0.3) is 10.9 Å². The fraction of sp³-hybridized carbons (Fsp3) is 0.222. The maximum atomic E-state index is 5.89. The van der Waals surface area contributed by atoms with Crippen molar-refractivity contribution in [3.63, 3.8) is 0 Å². The molecule has 4 rings (SSSR count). The maximum absolute atomic E-state index is 5.89. The Bertz CT molecular complexity index is 878. The average molecular weight is 322 g/mol. The fourth-order valence-electron chi connectivity index (χ4n) is 3.21. The van der Waals surface area contributed by atoms with Crippen molar-refractivity contribution in [3.05, 3.63) is 53.9 Å². The molecule has 0 saturated carbocycles. The van der Waals surface area contributed by atoms with Gasteiger partial charge in [0.05, 0.1) is 5.52 Å². The Morgan fingerprint density at radius 2 is 1.96 bits per heavy atom. The van der Waals surface area contributed by atoms with Crippen molar-refractivity contribution in [2.45, 2.75) is 23.8 Å². The number of aromatic nitrogens is 2. The van der Waals surface area contributed by atoms with Crippen LogP contribution in [0.3, 0.4) is 0 Å². The summed E-state index contributed by atoms with van der Waals surface area (Å²) in [6.07, 6.45) is 5.69. The van der Waals surface area contributed by atoms with E-state index >= 15 is 0 Å². The van der Waals surface area contributed by atoms with Gasteiger partial charge in [-0.15, -0.1) is 11.8 Å². The van der Waals surface area contributed by atoms with Crippen molar-refractivity contribution in [1.82, 2.24) is 9.97 Å². The summed E-state index contributed by atoms with van der Waals surface area (Å²) < 4.78 is 0. The van der Waals surface area contributed by atoms with E-state index in [1.807, 2.05) is 6.07 Å². The molecule has 1 aliphatic carbocycles. The van der Waals surface area contributed by atoms with Crippen molar-refractivity contribution in [2.75, 3.05) is 17.3 Å². The normalized spacial score (nSPS) is 16.5. The smallest absolute Gasteiger partial charge is 0.137 e. The summed E-state index contributed by atoms with van der Waals surface area (Å²) in [7, 11) is 0. The Hall–Kier alpha value is -2.27. The van der Waals surface area contributed by atoms with E-state index < -0.39 is 0 Å². The van der Waals surface area contributed by atoms with E-state index in [0.717, 1.165) is 35.2 Å². The zero-order valence-electron chi connectivity index (χ0n) is 12.9. The molecule has 116 valence electrons. The molecule has 1 atom stereocenters. The molecule has 1 heterocycles. The third-order valence-corrected chi connectivity index (χ3v) is 5.07. The number of thioether (sulfide) groups is 1. The zero-order chi connectivity index (χ0) is 15.8. The molecule has 1 aromatic heterocycles. The molecule has 3 N–H and O–H groups in total. The van der Waals surface area contributed by atoms with Gasteiger partial charge in [-0.3, -0.25) is 0 Å². The molecule has 0 spiro atoms. The van der Waals surface area contributed by atoms with Gasteiger partial charge in [-0.2, -0.15) is 0 Å². The highest BCUT2D eigenvalue weighted by molar-refractivity contribution is 7.98. The first-order valence-corrected chi connectivity index (χ1v) is 8.88. The molecule has 1 aliphatic rings. The number of nitrogens with zero attached hydrogens (tertiary/aromatic N) is 2. The summed E-state index contributed by atoms with van der Waals surface area (Å²) >= 11 is 1.73. The van der Waals surface area contributed by atoms with Crippen molar-refractivity contribution in [2.24, 2.45) is 0 Å². The van der Waals surface area contributed by atoms with Crippen LogP contribution in [-0.4, -0.2) is 22.3 Å². The van der Waals surface area contributed by atoms with E-state index in [4.69, 9.17) is 5.73 Å². The number of rotatable bonds is 3. The molecular weight excluding hydrogens is 304 g/mol. The van der Waals surface area contributed by atoms with Crippen LogP contribution >= 0.6 is 11.8 Å². The second-order valence-corrected chi connectivity index (χ2v) is 6.76. The quantitative estimate of drug-likeness (QED) is 0.571. The Morgan fingerprint density at radius 1 is 1.09 bits per heavy atom. The van der Waals surface area contributed by atoms with Crippen molar-refractivity contribution in [3.8, 4) is 0 Å². The number of nitrogens with one attached hydrogen (secondary N) is 1. The monoisotopic (exact) mass is 322 g/mol. The summed E-state index contributed by atoms with van der Waals surface area (Å²) in [5.41, 5.74) is 10.4. The second-order valence-electron chi connectivity index (χ2n) is 5.88. The van der Waals surface area contributed by atoms with E-state index in [2.05, 4.69) is 51.9 Å². The number of hydrogen-bond donors (Lipinski definition) is 2. The van der Waals surface area contributed by atoms with Crippen molar-refractivity contribution >= 4 is 34.2 Å². The number of hydrogen-bond acceptors (Lipinski definition) is 5. The van der Waals surface area contributed by atoms with E-state index in [1.54, 1.807) is 18.1 Å². The van der Waals surface area contributed by atoms with Crippen LogP contribution in [-0.2, 0) is 12.8 Å². The highest BCUT2D eigenvalue weighted by Gasteiger charge is 2.22. The van der Waals surface area contributed by atoms with E-state index in [-0.39, 0.29) is 0 Å².